The van der Waals surface area contributed by atoms with Gasteiger partial charge in [-0.3, -0.25) is 9.78 Å². The van der Waals surface area contributed by atoms with Gasteiger partial charge in [-0.1, -0.05) is 6.92 Å². The normalized spacial score (nSPS) is 19.2. The summed E-state index contributed by atoms with van der Waals surface area (Å²) >= 11 is 0. The number of aromatic nitrogens is 3. The molecule has 1 aliphatic carbocycles. The minimum Gasteiger partial charge on any atom is -0.383 e. The summed E-state index contributed by atoms with van der Waals surface area (Å²) in [5, 5.41) is 4.59. The quantitative estimate of drug-likeness (QED) is 0.755. The number of aryl methyl sites for hydroxylation is 1. The maximum Gasteiger partial charge on any atom is 0.228 e. The highest BCUT2D eigenvalue weighted by molar-refractivity contribution is 5.98. The molecule has 6 heteroatoms. The summed E-state index contributed by atoms with van der Waals surface area (Å²) in [5.41, 5.74) is 8.91. The molecule has 3 aromatic heterocycles. The minimum atomic E-state index is 0.0426. The maximum absolute atomic E-state index is 12.3. The lowest BCUT2D eigenvalue weighted by Gasteiger charge is -2.32. The van der Waals surface area contributed by atoms with Crippen LogP contribution in [0.1, 0.15) is 25.3 Å². The van der Waals surface area contributed by atoms with Gasteiger partial charge in [-0.15, -0.1) is 0 Å². The zero-order chi connectivity index (χ0) is 18.3. The molecule has 132 valence electrons. The minimum absolute atomic E-state index is 0.0426. The molecule has 4 rings (SSSR count). The van der Waals surface area contributed by atoms with Crippen molar-refractivity contribution in [3.05, 3.63) is 42.4 Å². The lowest BCUT2D eigenvalue weighted by atomic mass is 9.74. The third-order valence-corrected chi connectivity index (χ3v) is 5.27. The van der Waals surface area contributed by atoms with E-state index in [2.05, 4.69) is 27.2 Å². The molecule has 0 spiro atoms. The van der Waals surface area contributed by atoms with Crippen LogP contribution in [-0.4, -0.2) is 20.9 Å². The van der Waals surface area contributed by atoms with E-state index < -0.39 is 0 Å². The Bertz CT molecular complexity index is 1000. The number of fused-ring (bicyclic) bond motifs is 1. The first-order chi connectivity index (χ1) is 12.5. The molecule has 6 nitrogen and oxygen atoms in total. The van der Waals surface area contributed by atoms with Crippen LogP contribution in [0.2, 0.25) is 0 Å². The van der Waals surface area contributed by atoms with Crippen molar-refractivity contribution in [1.82, 2.24) is 15.0 Å². The summed E-state index contributed by atoms with van der Waals surface area (Å²) in [6.45, 7) is 4.12. The maximum atomic E-state index is 12.3. The molecule has 1 amide bonds. The Kier molecular flexibility index (Phi) is 4.03. The number of nitrogens with one attached hydrogen (secondary N) is 1. The number of nitrogens with two attached hydrogens (primary N) is 1. The molecule has 3 aromatic rings. The Balaban J connectivity index is 1.70. The average molecular weight is 347 g/mol. The molecule has 1 saturated carbocycles. The third kappa shape index (κ3) is 2.87. The van der Waals surface area contributed by atoms with Crippen molar-refractivity contribution >= 4 is 28.3 Å². The highest BCUT2D eigenvalue weighted by Crippen LogP contribution is 2.34. The van der Waals surface area contributed by atoms with Gasteiger partial charge >= 0.3 is 0 Å². The molecular formula is C20H21N5O. The topological polar surface area (TPSA) is 93.8 Å². The molecule has 1 fully saturated rings. The van der Waals surface area contributed by atoms with E-state index in [1.165, 1.54) is 0 Å². The molecule has 0 aromatic carbocycles. The Hall–Kier alpha value is -3.02. The summed E-state index contributed by atoms with van der Waals surface area (Å²) < 4.78 is 0. The van der Waals surface area contributed by atoms with Gasteiger partial charge in [-0.05, 0) is 54.8 Å². The van der Waals surface area contributed by atoms with Crippen LogP contribution in [0.25, 0.3) is 22.0 Å². The van der Waals surface area contributed by atoms with Gasteiger partial charge in [0, 0.05) is 35.5 Å². The van der Waals surface area contributed by atoms with Gasteiger partial charge in [-0.2, -0.15) is 0 Å². The number of carbonyl (C=O) groups excluding carboxylic acids is 1. The molecule has 0 radical (unpaired) electrons. The van der Waals surface area contributed by atoms with Crippen molar-refractivity contribution in [3.8, 4) is 11.3 Å². The van der Waals surface area contributed by atoms with Crippen molar-refractivity contribution in [1.29, 1.82) is 0 Å². The number of hydrogen-bond donors (Lipinski definition) is 2. The largest absolute Gasteiger partial charge is 0.383 e. The number of anilines is 2. The fourth-order valence-electron chi connectivity index (χ4n) is 3.39. The van der Waals surface area contributed by atoms with Crippen LogP contribution in [0, 0.1) is 18.8 Å². The number of amides is 1. The smallest absolute Gasteiger partial charge is 0.228 e. The molecule has 1 aliphatic rings. The van der Waals surface area contributed by atoms with Crippen molar-refractivity contribution < 1.29 is 4.79 Å². The zero-order valence-corrected chi connectivity index (χ0v) is 14.9. The Morgan fingerprint density at radius 1 is 1.27 bits per heavy atom. The van der Waals surface area contributed by atoms with Crippen molar-refractivity contribution in [3.63, 3.8) is 0 Å². The molecule has 3 heterocycles. The van der Waals surface area contributed by atoms with Gasteiger partial charge in [0.1, 0.15) is 11.6 Å². The number of rotatable bonds is 3. The molecule has 26 heavy (non-hydrogen) atoms. The molecule has 2 atom stereocenters. The predicted octanol–water partition coefficient (Wildman–Crippen LogP) is 3.57. The Morgan fingerprint density at radius 3 is 2.81 bits per heavy atom. The zero-order valence-electron chi connectivity index (χ0n) is 14.9. The van der Waals surface area contributed by atoms with Gasteiger partial charge in [0.25, 0.3) is 0 Å². The fourth-order valence-corrected chi connectivity index (χ4v) is 3.39. The first-order valence-corrected chi connectivity index (χ1v) is 8.81. The van der Waals surface area contributed by atoms with Crippen LogP contribution < -0.4 is 11.1 Å². The van der Waals surface area contributed by atoms with E-state index in [1.807, 2.05) is 25.1 Å². The lowest BCUT2D eigenvalue weighted by molar-refractivity contribution is -0.124. The highest BCUT2D eigenvalue weighted by Gasteiger charge is 2.33. The van der Waals surface area contributed by atoms with E-state index in [4.69, 9.17) is 5.73 Å². The third-order valence-electron chi connectivity index (χ3n) is 5.27. The van der Waals surface area contributed by atoms with Gasteiger partial charge in [0.15, 0.2) is 0 Å². The second kappa shape index (κ2) is 6.37. The molecule has 3 N–H and O–H groups in total. The van der Waals surface area contributed by atoms with E-state index in [0.29, 0.717) is 17.6 Å². The monoisotopic (exact) mass is 347 g/mol. The fraction of sp³-hybridized carbons (Fsp3) is 0.300. The summed E-state index contributed by atoms with van der Waals surface area (Å²) in [4.78, 5) is 25.3. The summed E-state index contributed by atoms with van der Waals surface area (Å²) in [7, 11) is 0. The van der Waals surface area contributed by atoms with Crippen molar-refractivity contribution in [2.45, 2.75) is 26.7 Å². The number of pyridine rings is 3. The van der Waals surface area contributed by atoms with Crippen LogP contribution in [0.3, 0.4) is 0 Å². The standard InChI is InChI=1S/C20H21N5O/c1-11-3-4-14(11)20(26)25-18-8-13-7-17(15-9-22-6-5-12(15)2)24-19(21)16(13)10-23-18/h5-11,14H,3-4H2,1-2H3,(H2,21,24)(H,23,25,26). The number of carbonyl (C=O) groups is 1. The number of hydrogen-bond acceptors (Lipinski definition) is 5. The summed E-state index contributed by atoms with van der Waals surface area (Å²) in [6, 6.07) is 5.75. The Labute approximate surface area is 151 Å². The Morgan fingerprint density at radius 2 is 2.12 bits per heavy atom. The van der Waals surface area contributed by atoms with Crippen molar-refractivity contribution in [2.24, 2.45) is 11.8 Å². The molecule has 0 bridgehead atoms. The highest BCUT2D eigenvalue weighted by atomic mass is 16.2. The van der Waals surface area contributed by atoms with Crippen LogP contribution in [-0.2, 0) is 4.79 Å². The van der Waals surface area contributed by atoms with E-state index in [0.717, 1.165) is 40.4 Å². The first-order valence-electron chi connectivity index (χ1n) is 8.81. The lowest BCUT2D eigenvalue weighted by Crippen LogP contribution is -2.35. The van der Waals surface area contributed by atoms with Gasteiger partial charge < -0.3 is 11.1 Å². The predicted molar refractivity (Wildman–Crippen MR) is 102 cm³/mol. The second-order valence-electron chi connectivity index (χ2n) is 7.02. The van der Waals surface area contributed by atoms with Crippen LogP contribution >= 0.6 is 0 Å². The van der Waals surface area contributed by atoms with Crippen LogP contribution in [0.4, 0.5) is 11.6 Å². The average Bonchev–Trinajstić information content (AvgIpc) is 2.60. The van der Waals surface area contributed by atoms with E-state index in [-0.39, 0.29) is 11.8 Å². The molecule has 0 aliphatic heterocycles. The van der Waals surface area contributed by atoms with Crippen LogP contribution in [0.5, 0.6) is 0 Å². The molecule has 2 unspecified atom stereocenters. The summed E-state index contributed by atoms with van der Waals surface area (Å²) in [6.07, 6.45) is 7.26. The van der Waals surface area contributed by atoms with Crippen molar-refractivity contribution in [2.75, 3.05) is 11.1 Å². The van der Waals surface area contributed by atoms with E-state index in [9.17, 15) is 4.79 Å². The van der Waals surface area contributed by atoms with Gasteiger partial charge in [0.2, 0.25) is 5.91 Å². The second-order valence-corrected chi connectivity index (χ2v) is 7.02. The molecular weight excluding hydrogens is 326 g/mol. The SMILES string of the molecule is Cc1ccncc1-c1cc2cc(NC(=O)C3CCC3C)ncc2c(N)n1. The van der Waals surface area contributed by atoms with E-state index >= 15 is 0 Å². The van der Waals surface area contributed by atoms with E-state index in [1.54, 1.807) is 18.6 Å². The molecule has 0 saturated heterocycles. The summed E-state index contributed by atoms with van der Waals surface area (Å²) in [5.74, 6) is 1.53. The van der Waals surface area contributed by atoms with Gasteiger partial charge in [0.05, 0.1) is 5.69 Å². The van der Waals surface area contributed by atoms with Crippen LogP contribution in [0.15, 0.2) is 36.8 Å². The first kappa shape index (κ1) is 16.4. The number of nitrogens with zero attached hydrogens (tertiary/aromatic N) is 3. The number of nitrogen functional groups attached to an aromatic ring is 1. The van der Waals surface area contributed by atoms with Gasteiger partial charge in [-0.25, -0.2) is 9.97 Å².